The fourth-order valence-electron chi connectivity index (χ4n) is 2.82. The number of nitro benzene ring substituents is 1. The molecular weight excluding hydrogens is 384 g/mol. The molecule has 1 aliphatic rings. The zero-order chi connectivity index (χ0) is 18.6. The van der Waals surface area contributed by atoms with Crippen LogP contribution in [0.25, 0.3) is 0 Å². The largest absolute Gasteiger partial charge is 0.355 e. The van der Waals surface area contributed by atoms with Gasteiger partial charge in [-0.1, -0.05) is 6.07 Å². The van der Waals surface area contributed by atoms with Gasteiger partial charge in [0, 0.05) is 44.2 Å². The number of benzene rings is 1. The molecule has 0 spiro atoms. The van der Waals surface area contributed by atoms with E-state index in [4.69, 9.17) is 5.73 Å². The number of carbonyl (C=O) groups is 1. The molecule has 1 amide bonds. The van der Waals surface area contributed by atoms with Gasteiger partial charge in [-0.3, -0.25) is 14.9 Å². The molecule has 1 aromatic carbocycles. The van der Waals surface area contributed by atoms with Crippen LogP contribution in [0.15, 0.2) is 23.1 Å². The van der Waals surface area contributed by atoms with E-state index >= 15 is 0 Å². The molecule has 146 valence electrons. The molecule has 0 saturated carbocycles. The van der Waals surface area contributed by atoms with Gasteiger partial charge in [0.1, 0.15) is 0 Å². The number of nitro groups is 1. The third kappa shape index (κ3) is 4.91. The van der Waals surface area contributed by atoms with Gasteiger partial charge in [0.2, 0.25) is 15.9 Å². The second-order valence-corrected chi connectivity index (χ2v) is 7.87. The molecule has 0 radical (unpaired) electrons. The molecule has 1 saturated heterocycles. The van der Waals surface area contributed by atoms with Crippen molar-refractivity contribution in [3.8, 4) is 0 Å². The van der Waals surface area contributed by atoms with E-state index in [1.54, 1.807) is 6.92 Å². The number of hydrogen-bond donors (Lipinski definition) is 2. The van der Waals surface area contributed by atoms with Gasteiger partial charge in [-0.25, -0.2) is 8.42 Å². The predicted molar refractivity (Wildman–Crippen MR) is 98.6 cm³/mol. The zero-order valence-electron chi connectivity index (χ0n) is 14.4. The lowest BCUT2D eigenvalue weighted by Gasteiger charge is -2.30. The summed E-state index contributed by atoms with van der Waals surface area (Å²) in [7, 11) is -3.84. The molecule has 0 atom stereocenters. The van der Waals surface area contributed by atoms with Crippen LogP contribution < -0.4 is 11.1 Å². The molecule has 0 unspecified atom stereocenters. The highest BCUT2D eigenvalue weighted by Gasteiger charge is 2.33. The highest BCUT2D eigenvalue weighted by Crippen LogP contribution is 2.28. The van der Waals surface area contributed by atoms with Crippen molar-refractivity contribution in [1.29, 1.82) is 0 Å². The monoisotopic (exact) mass is 406 g/mol. The molecule has 1 aromatic rings. The molecule has 1 heterocycles. The van der Waals surface area contributed by atoms with Crippen LogP contribution in [0, 0.1) is 23.0 Å². The van der Waals surface area contributed by atoms with Crippen LogP contribution in [0.3, 0.4) is 0 Å². The molecule has 0 bridgehead atoms. The van der Waals surface area contributed by atoms with E-state index in [9.17, 15) is 23.3 Å². The first kappa shape index (κ1) is 22.3. The fourth-order valence-corrected chi connectivity index (χ4v) is 4.53. The number of halogens is 1. The summed E-state index contributed by atoms with van der Waals surface area (Å²) in [5, 5.41) is 13.6. The number of nitrogens with two attached hydrogens (primary N) is 1. The van der Waals surface area contributed by atoms with Crippen molar-refractivity contribution in [3.63, 3.8) is 0 Å². The van der Waals surface area contributed by atoms with Gasteiger partial charge in [0.15, 0.2) is 0 Å². The Labute approximate surface area is 158 Å². The van der Waals surface area contributed by atoms with E-state index in [-0.39, 0.29) is 47.9 Å². The maximum atomic E-state index is 12.8. The number of amides is 1. The number of nitrogens with zero attached hydrogens (tertiary/aromatic N) is 2. The smallest absolute Gasteiger partial charge is 0.270 e. The average Bonchev–Trinajstić information content (AvgIpc) is 2.59. The lowest BCUT2D eigenvalue weighted by molar-refractivity contribution is -0.385. The lowest BCUT2D eigenvalue weighted by Crippen LogP contribution is -2.43. The van der Waals surface area contributed by atoms with E-state index in [0.29, 0.717) is 31.5 Å². The number of piperidine rings is 1. The summed E-state index contributed by atoms with van der Waals surface area (Å²) in [5.74, 6) is -0.363. The van der Waals surface area contributed by atoms with Crippen LogP contribution in [0.1, 0.15) is 18.4 Å². The summed E-state index contributed by atoms with van der Waals surface area (Å²) in [6, 6.07) is 3.80. The number of non-ortho nitro benzene ring substituents is 1. The van der Waals surface area contributed by atoms with E-state index in [2.05, 4.69) is 5.32 Å². The van der Waals surface area contributed by atoms with Gasteiger partial charge in [0.05, 0.1) is 9.82 Å². The normalized spacial score (nSPS) is 15.9. The topological polar surface area (TPSA) is 136 Å². The highest BCUT2D eigenvalue weighted by atomic mass is 35.5. The summed E-state index contributed by atoms with van der Waals surface area (Å²) in [6.45, 7) is 2.75. The predicted octanol–water partition coefficient (Wildman–Crippen LogP) is 0.801. The van der Waals surface area contributed by atoms with Crippen molar-refractivity contribution in [1.82, 2.24) is 9.62 Å². The first-order valence-electron chi connectivity index (χ1n) is 8.00. The fraction of sp³-hybridized carbons (Fsp3) is 0.533. The number of rotatable bonds is 6. The minimum absolute atomic E-state index is 0. The Morgan fingerprint density at radius 2 is 2.00 bits per heavy atom. The van der Waals surface area contributed by atoms with Crippen LogP contribution in [0.4, 0.5) is 5.69 Å². The van der Waals surface area contributed by atoms with Crippen LogP contribution >= 0.6 is 12.4 Å². The molecule has 26 heavy (non-hydrogen) atoms. The molecule has 9 nitrogen and oxygen atoms in total. The molecule has 1 fully saturated rings. The summed E-state index contributed by atoms with van der Waals surface area (Å²) >= 11 is 0. The van der Waals surface area contributed by atoms with Gasteiger partial charge in [-0.2, -0.15) is 4.31 Å². The van der Waals surface area contributed by atoms with Crippen LogP contribution in [-0.4, -0.2) is 49.7 Å². The van der Waals surface area contributed by atoms with E-state index in [1.807, 2.05) is 0 Å². The average molecular weight is 407 g/mol. The van der Waals surface area contributed by atoms with Crippen LogP contribution in [0.2, 0.25) is 0 Å². The van der Waals surface area contributed by atoms with Crippen molar-refractivity contribution < 1.29 is 18.1 Å². The molecule has 11 heteroatoms. The molecule has 1 aliphatic heterocycles. The zero-order valence-corrected chi connectivity index (χ0v) is 16.0. The van der Waals surface area contributed by atoms with Gasteiger partial charge in [-0.15, -0.1) is 12.4 Å². The van der Waals surface area contributed by atoms with E-state index in [0.717, 1.165) is 6.07 Å². The second kappa shape index (κ2) is 9.26. The van der Waals surface area contributed by atoms with Crippen molar-refractivity contribution in [2.75, 3.05) is 26.2 Å². The van der Waals surface area contributed by atoms with E-state index < -0.39 is 14.9 Å². The minimum atomic E-state index is -3.84. The highest BCUT2D eigenvalue weighted by molar-refractivity contribution is 7.89. The number of aryl methyl sites for hydroxylation is 1. The van der Waals surface area contributed by atoms with Crippen molar-refractivity contribution in [3.05, 3.63) is 33.9 Å². The van der Waals surface area contributed by atoms with Gasteiger partial charge in [0.25, 0.3) is 5.69 Å². The second-order valence-electron chi connectivity index (χ2n) is 5.96. The van der Waals surface area contributed by atoms with Gasteiger partial charge >= 0.3 is 0 Å². The first-order valence-corrected chi connectivity index (χ1v) is 9.44. The first-order chi connectivity index (χ1) is 11.8. The maximum absolute atomic E-state index is 12.8. The van der Waals surface area contributed by atoms with Crippen molar-refractivity contribution in [2.45, 2.75) is 24.7 Å². The number of hydrogen-bond acceptors (Lipinski definition) is 6. The maximum Gasteiger partial charge on any atom is 0.270 e. The van der Waals surface area contributed by atoms with Gasteiger partial charge < -0.3 is 11.1 Å². The Kier molecular flexibility index (Phi) is 7.94. The number of sulfonamides is 1. The van der Waals surface area contributed by atoms with Crippen LogP contribution in [0.5, 0.6) is 0 Å². The Morgan fingerprint density at radius 3 is 2.54 bits per heavy atom. The lowest BCUT2D eigenvalue weighted by atomic mass is 9.97. The quantitative estimate of drug-likeness (QED) is 0.529. The Hall–Kier alpha value is -1.75. The third-order valence-electron chi connectivity index (χ3n) is 4.27. The summed E-state index contributed by atoms with van der Waals surface area (Å²) < 4.78 is 26.9. The molecule has 2 rings (SSSR count). The standard InChI is InChI=1S/C15H22N4O5S.ClH/c1-11-2-3-13(19(21)22)10-14(11)25(23,24)18-8-4-12(5-9-18)15(20)17-7-6-16;/h2-3,10,12H,4-9,16H2,1H3,(H,17,20);1H. The molecule has 3 N–H and O–H groups in total. The molecule has 0 aromatic heterocycles. The van der Waals surface area contributed by atoms with E-state index in [1.165, 1.54) is 16.4 Å². The SMILES string of the molecule is Cc1ccc([N+](=O)[O-])cc1S(=O)(=O)N1CCC(C(=O)NCCN)CC1.Cl. The Morgan fingerprint density at radius 1 is 1.38 bits per heavy atom. The van der Waals surface area contributed by atoms with Crippen molar-refractivity contribution >= 4 is 34.0 Å². The number of carbonyl (C=O) groups excluding carboxylic acids is 1. The third-order valence-corrected chi connectivity index (χ3v) is 6.31. The minimum Gasteiger partial charge on any atom is -0.355 e. The van der Waals surface area contributed by atoms with Crippen LogP contribution in [-0.2, 0) is 14.8 Å². The molecular formula is C15H23ClN4O5S. The number of nitrogens with one attached hydrogen (secondary N) is 1. The van der Waals surface area contributed by atoms with Gasteiger partial charge in [-0.05, 0) is 25.3 Å². The Balaban J connectivity index is 0.00000338. The molecule has 0 aliphatic carbocycles. The van der Waals surface area contributed by atoms with Crippen molar-refractivity contribution in [2.24, 2.45) is 11.7 Å². The summed E-state index contributed by atoms with van der Waals surface area (Å²) in [4.78, 5) is 22.2. The Bertz CT molecular complexity index is 763. The summed E-state index contributed by atoms with van der Waals surface area (Å²) in [5.41, 5.74) is 5.54. The summed E-state index contributed by atoms with van der Waals surface area (Å²) in [6.07, 6.45) is 0.813.